The number of hydrogen-bond acceptors (Lipinski definition) is 4. The van der Waals surface area contributed by atoms with Gasteiger partial charge in [-0.15, -0.1) is 0 Å². The molecule has 6 heteroatoms. The third-order valence-electron chi connectivity index (χ3n) is 5.33. The largest absolute Gasteiger partial charge is 0.467 e. The molecule has 2 aromatic rings. The number of likely N-dealkylation sites (tertiary alicyclic amines) is 1. The third-order valence-corrected chi connectivity index (χ3v) is 6.24. The van der Waals surface area contributed by atoms with E-state index in [2.05, 4.69) is 4.98 Å². The van der Waals surface area contributed by atoms with Gasteiger partial charge in [-0.1, -0.05) is 24.2 Å². The van der Waals surface area contributed by atoms with E-state index < -0.39 is 0 Å². The van der Waals surface area contributed by atoms with Crippen LogP contribution < -0.4 is 4.74 Å². The molecule has 0 atom stereocenters. The van der Waals surface area contributed by atoms with Crippen molar-refractivity contribution < 1.29 is 13.9 Å². The van der Waals surface area contributed by atoms with E-state index in [1.807, 2.05) is 4.90 Å². The van der Waals surface area contributed by atoms with Crippen molar-refractivity contribution in [1.82, 2.24) is 9.88 Å². The van der Waals surface area contributed by atoms with Gasteiger partial charge in [-0.2, -0.15) is 0 Å². The molecule has 25 heavy (non-hydrogen) atoms. The molecule has 1 aromatic heterocycles. The number of rotatable bonds is 4. The highest BCUT2D eigenvalue weighted by molar-refractivity contribution is 7.20. The molecule has 2 fully saturated rings. The van der Waals surface area contributed by atoms with Crippen LogP contribution in [0.5, 0.6) is 5.19 Å². The number of carbonyl (C=O) groups excluding carboxylic acids is 1. The first kappa shape index (κ1) is 16.8. The number of aromatic nitrogens is 1. The predicted molar refractivity (Wildman–Crippen MR) is 96.4 cm³/mol. The second kappa shape index (κ2) is 7.28. The lowest BCUT2D eigenvalue weighted by molar-refractivity contribution is -0.133. The number of amides is 1. The van der Waals surface area contributed by atoms with Crippen molar-refractivity contribution in [2.45, 2.75) is 51.0 Å². The molecule has 1 aromatic carbocycles. The average Bonchev–Trinajstić information content (AvgIpc) is 3.24. The molecule has 4 nitrogen and oxygen atoms in total. The fourth-order valence-electron chi connectivity index (χ4n) is 3.88. The van der Waals surface area contributed by atoms with E-state index in [-0.39, 0.29) is 11.9 Å². The molecule has 0 N–H and O–H groups in total. The van der Waals surface area contributed by atoms with Crippen molar-refractivity contribution in [3.8, 4) is 5.19 Å². The molecule has 1 saturated carbocycles. The van der Waals surface area contributed by atoms with Crippen LogP contribution in [-0.4, -0.2) is 35.0 Å². The maximum absolute atomic E-state index is 13.3. The van der Waals surface area contributed by atoms with Gasteiger partial charge in [-0.3, -0.25) is 4.79 Å². The summed E-state index contributed by atoms with van der Waals surface area (Å²) in [4.78, 5) is 18.8. The van der Waals surface area contributed by atoms with Gasteiger partial charge in [0.15, 0.2) is 0 Å². The van der Waals surface area contributed by atoms with Crippen molar-refractivity contribution in [2.75, 3.05) is 13.1 Å². The third kappa shape index (κ3) is 3.94. The summed E-state index contributed by atoms with van der Waals surface area (Å²) in [6.45, 7) is 1.52. The molecule has 2 heterocycles. The predicted octanol–water partition coefficient (Wildman–Crippen LogP) is 4.39. The Kier molecular flexibility index (Phi) is 4.88. The molecule has 0 spiro atoms. The fourth-order valence-corrected chi connectivity index (χ4v) is 4.79. The molecule has 1 aliphatic heterocycles. The minimum atomic E-state index is -0.253. The molecule has 0 unspecified atom stereocenters. The molecule has 1 saturated heterocycles. The molecule has 134 valence electrons. The zero-order chi connectivity index (χ0) is 17.2. The number of fused-ring (bicyclic) bond motifs is 1. The number of nitrogens with zero attached hydrogens (tertiary/aromatic N) is 2. The van der Waals surface area contributed by atoms with Crippen LogP contribution in [0.3, 0.4) is 0 Å². The Bertz CT molecular complexity index is 749. The van der Waals surface area contributed by atoms with Gasteiger partial charge >= 0.3 is 0 Å². The van der Waals surface area contributed by atoms with E-state index in [1.165, 1.54) is 49.2 Å². The van der Waals surface area contributed by atoms with Gasteiger partial charge in [0.2, 0.25) is 5.91 Å². The summed E-state index contributed by atoms with van der Waals surface area (Å²) in [5.74, 6) is 0.655. The maximum atomic E-state index is 13.3. The molecule has 1 aliphatic carbocycles. The maximum Gasteiger partial charge on any atom is 0.274 e. The van der Waals surface area contributed by atoms with Gasteiger partial charge in [0, 0.05) is 32.4 Å². The Hall–Kier alpha value is -1.69. The second-order valence-electron chi connectivity index (χ2n) is 7.14. The molecular weight excluding hydrogens is 339 g/mol. The lowest BCUT2D eigenvalue weighted by atomic mass is 10.0. The van der Waals surface area contributed by atoms with Crippen LogP contribution >= 0.6 is 11.3 Å². The first-order chi connectivity index (χ1) is 12.2. The lowest BCUT2D eigenvalue weighted by Gasteiger charge is -2.32. The normalized spacial score (nSPS) is 19.6. The minimum Gasteiger partial charge on any atom is -0.467 e. The monoisotopic (exact) mass is 362 g/mol. The van der Waals surface area contributed by atoms with Gasteiger partial charge in [-0.25, -0.2) is 9.37 Å². The van der Waals surface area contributed by atoms with Crippen LogP contribution in [0.2, 0.25) is 0 Å². The van der Waals surface area contributed by atoms with Crippen molar-refractivity contribution in [3.05, 3.63) is 24.0 Å². The summed E-state index contributed by atoms with van der Waals surface area (Å²) in [6, 6.07) is 4.59. The van der Waals surface area contributed by atoms with Crippen LogP contribution in [0.15, 0.2) is 18.2 Å². The lowest BCUT2D eigenvalue weighted by Crippen LogP contribution is -2.42. The number of hydrogen-bond donors (Lipinski definition) is 0. The minimum absolute atomic E-state index is 0.0842. The van der Waals surface area contributed by atoms with E-state index in [0.717, 1.165) is 42.6 Å². The molecule has 1 amide bonds. The van der Waals surface area contributed by atoms with Crippen molar-refractivity contribution in [1.29, 1.82) is 0 Å². The quantitative estimate of drug-likeness (QED) is 0.810. The van der Waals surface area contributed by atoms with E-state index in [1.54, 1.807) is 6.07 Å². The Labute approximate surface area is 151 Å². The average molecular weight is 362 g/mol. The highest BCUT2D eigenvalue weighted by Gasteiger charge is 2.27. The zero-order valence-corrected chi connectivity index (χ0v) is 15.1. The highest BCUT2D eigenvalue weighted by atomic mass is 32.1. The molecule has 0 radical (unpaired) electrons. The smallest absolute Gasteiger partial charge is 0.274 e. The van der Waals surface area contributed by atoms with Gasteiger partial charge in [-0.05, 0) is 37.0 Å². The Morgan fingerprint density at radius 1 is 1.24 bits per heavy atom. The number of benzene rings is 1. The van der Waals surface area contributed by atoms with Gasteiger partial charge in [0.05, 0.1) is 10.2 Å². The fraction of sp³-hybridized carbons (Fsp3) is 0.579. The summed E-state index contributed by atoms with van der Waals surface area (Å²) in [7, 11) is 0. The number of carbonyl (C=O) groups is 1. The van der Waals surface area contributed by atoms with Gasteiger partial charge in [0.25, 0.3) is 5.19 Å². The van der Waals surface area contributed by atoms with E-state index in [4.69, 9.17) is 4.74 Å². The number of ether oxygens (including phenoxy) is 1. The van der Waals surface area contributed by atoms with E-state index in [9.17, 15) is 9.18 Å². The first-order valence-corrected chi connectivity index (χ1v) is 9.99. The van der Waals surface area contributed by atoms with Crippen LogP contribution in [0.1, 0.15) is 44.9 Å². The SMILES string of the molecule is O=C(CC1CCCC1)N1CCC(Oc2nc3ccc(F)cc3s2)CC1. The number of piperidine rings is 1. The van der Waals surface area contributed by atoms with Crippen LogP contribution in [0, 0.1) is 11.7 Å². The molecule has 2 aliphatic rings. The molecule has 0 bridgehead atoms. The van der Waals surface area contributed by atoms with Crippen molar-refractivity contribution in [3.63, 3.8) is 0 Å². The topological polar surface area (TPSA) is 42.4 Å². The van der Waals surface area contributed by atoms with Crippen molar-refractivity contribution in [2.24, 2.45) is 5.92 Å². The van der Waals surface area contributed by atoms with Crippen LogP contribution in [-0.2, 0) is 4.79 Å². The summed E-state index contributed by atoms with van der Waals surface area (Å²) in [5.41, 5.74) is 0.769. The van der Waals surface area contributed by atoms with Crippen molar-refractivity contribution >= 4 is 27.5 Å². The van der Waals surface area contributed by atoms with Gasteiger partial charge < -0.3 is 9.64 Å². The highest BCUT2D eigenvalue weighted by Crippen LogP contribution is 2.31. The number of halogens is 1. The first-order valence-electron chi connectivity index (χ1n) is 9.18. The summed E-state index contributed by atoms with van der Waals surface area (Å²) >= 11 is 1.38. The molecular formula is C19H23FN2O2S. The zero-order valence-electron chi connectivity index (χ0n) is 14.2. The van der Waals surface area contributed by atoms with Crippen LogP contribution in [0.25, 0.3) is 10.2 Å². The van der Waals surface area contributed by atoms with Crippen LogP contribution in [0.4, 0.5) is 4.39 Å². The second-order valence-corrected chi connectivity index (χ2v) is 8.14. The van der Waals surface area contributed by atoms with Gasteiger partial charge in [0.1, 0.15) is 11.9 Å². The summed E-state index contributed by atoms with van der Waals surface area (Å²) < 4.78 is 20.1. The van der Waals surface area contributed by atoms with E-state index in [0.29, 0.717) is 17.0 Å². The summed E-state index contributed by atoms with van der Waals surface area (Å²) in [6.07, 6.45) is 7.45. The Balaban J connectivity index is 1.29. The molecule has 4 rings (SSSR count). The summed E-state index contributed by atoms with van der Waals surface area (Å²) in [5, 5.41) is 0.594. The standard InChI is InChI=1S/C19H23FN2O2S/c20-14-5-6-16-17(12-14)25-19(21-16)24-15-7-9-22(10-8-15)18(23)11-13-3-1-2-4-13/h5-6,12-13,15H,1-4,7-11H2. The Morgan fingerprint density at radius 3 is 2.76 bits per heavy atom. The Morgan fingerprint density at radius 2 is 2.00 bits per heavy atom. The number of thiazole rings is 1. The van der Waals surface area contributed by atoms with E-state index >= 15 is 0 Å².